The lowest BCUT2D eigenvalue weighted by atomic mass is 10.0. The number of carbonyl (C=O) groups is 1. The van der Waals surface area contributed by atoms with Gasteiger partial charge in [0.1, 0.15) is 11.1 Å². The van der Waals surface area contributed by atoms with Crippen LogP contribution in [-0.2, 0) is 10.4 Å². The van der Waals surface area contributed by atoms with Gasteiger partial charge in [0.25, 0.3) is 5.91 Å². The van der Waals surface area contributed by atoms with E-state index in [0.717, 1.165) is 6.08 Å². The number of nitrogens with one attached hydrogen (secondary N) is 2. The van der Waals surface area contributed by atoms with Crippen LogP contribution in [0.5, 0.6) is 0 Å². The molecule has 1 aromatic carbocycles. The molecule has 0 spiro atoms. The van der Waals surface area contributed by atoms with Crippen LogP contribution in [0.1, 0.15) is 36.4 Å². The first-order valence-electron chi connectivity index (χ1n) is 8.70. The summed E-state index contributed by atoms with van der Waals surface area (Å²) in [5.74, 6) is -3.06. The molecule has 0 atom stereocenters. The normalized spacial score (nSPS) is 12.5. The molecule has 0 aliphatic heterocycles. The summed E-state index contributed by atoms with van der Waals surface area (Å²) in [5.41, 5.74) is 0.166. The number of pyridine rings is 1. The highest BCUT2D eigenvalue weighted by molar-refractivity contribution is 6.31. The van der Waals surface area contributed by atoms with E-state index in [1.165, 1.54) is 32.2 Å². The predicted molar refractivity (Wildman–Crippen MR) is 108 cm³/mol. The van der Waals surface area contributed by atoms with Crippen LogP contribution in [0.4, 0.5) is 14.5 Å². The zero-order chi connectivity index (χ0) is 21.5. The molecule has 3 rings (SSSR count). The first-order chi connectivity index (χ1) is 13.5. The molecule has 0 aliphatic carbocycles. The van der Waals surface area contributed by atoms with Gasteiger partial charge in [-0.05, 0) is 39.3 Å². The van der Waals surface area contributed by atoms with Crippen molar-refractivity contribution in [3.63, 3.8) is 0 Å². The van der Waals surface area contributed by atoms with Crippen molar-refractivity contribution in [2.45, 2.75) is 33.3 Å². The lowest BCUT2D eigenvalue weighted by molar-refractivity contribution is -0.114. The Morgan fingerprint density at radius 3 is 2.69 bits per heavy atom. The summed E-state index contributed by atoms with van der Waals surface area (Å²) in [6, 6.07) is 2.81. The van der Waals surface area contributed by atoms with Crippen LogP contribution in [0.15, 0.2) is 24.2 Å². The van der Waals surface area contributed by atoms with Crippen molar-refractivity contribution >= 4 is 40.2 Å². The summed E-state index contributed by atoms with van der Waals surface area (Å²) in [7, 11) is 0. The minimum atomic E-state index is -1.26. The Kier molecular flexibility index (Phi) is 5.42. The Hall–Kier alpha value is -2.84. The average Bonchev–Trinajstić information content (AvgIpc) is 3.09. The number of H-pyrrole nitrogens is 1. The van der Waals surface area contributed by atoms with E-state index < -0.39 is 23.2 Å². The molecular formula is C20H19ClF2N4O2. The van der Waals surface area contributed by atoms with E-state index in [9.17, 15) is 18.7 Å². The third-order valence-electron chi connectivity index (χ3n) is 4.51. The molecule has 0 radical (unpaired) electrons. The number of carbonyl (C=O) groups excluding carboxylic acids is 1. The maximum atomic E-state index is 14.8. The molecule has 0 fully saturated rings. The van der Waals surface area contributed by atoms with Crippen LogP contribution < -0.4 is 5.32 Å². The van der Waals surface area contributed by atoms with E-state index >= 15 is 0 Å². The number of rotatable bonds is 4. The maximum absolute atomic E-state index is 14.8. The predicted octanol–water partition coefficient (Wildman–Crippen LogP) is 4.54. The van der Waals surface area contributed by atoms with Crippen molar-refractivity contribution in [2.24, 2.45) is 0 Å². The molecule has 0 aliphatic rings. The third kappa shape index (κ3) is 3.99. The lowest BCUT2D eigenvalue weighted by Gasteiger charge is -2.15. The summed E-state index contributed by atoms with van der Waals surface area (Å²) in [4.78, 5) is 16.3. The van der Waals surface area contributed by atoms with Gasteiger partial charge in [0.2, 0.25) is 0 Å². The summed E-state index contributed by atoms with van der Waals surface area (Å²) in [6.07, 6.45) is 2.22. The molecule has 152 valence electrons. The van der Waals surface area contributed by atoms with Gasteiger partial charge in [-0.3, -0.25) is 14.9 Å². The van der Waals surface area contributed by atoms with Crippen molar-refractivity contribution in [2.75, 3.05) is 5.32 Å². The minimum Gasteiger partial charge on any atom is -0.384 e. The van der Waals surface area contributed by atoms with Crippen molar-refractivity contribution < 1.29 is 18.7 Å². The number of aromatic nitrogens is 3. The monoisotopic (exact) mass is 420 g/mol. The summed E-state index contributed by atoms with van der Waals surface area (Å²) < 4.78 is 29.2. The first-order valence-corrected chi connectivity index (χ1v) is 9.08. The Morgan fingerprint density at radius 1 is 1.34 bits per heavy atom. The van der Waals surface area contributed by atoms with Crippen molar-refractivity contribution in [1.29, 1.82) is 0 Å². The van der Waals surface area contributed by atoms with Gasteiger partial charge >= 0.3 is 0 Å². The topological polar surface area (TPSA) is 90.9 Å². The van der Waals surface area contributed by atoms with Crippen LogP contribution in [-0.4, -0.2) is 26.2 Å². The number of amides is 1. The molecule has 3 N–H and O–H groups in total. The summed E-state index contributed by atoms with van der Waals surface area (Å²) >= 11 is 5.99. The molecule has 2 aromatic heterocycles. The largest absolute Gasteiger partial charge is 0.384 e. The zero-order valence-corrected chi connectivity index (χ0v) is 16.9. The second-order valence-corrected chi connectivity index (χ2v) is 7.57. The molecule has 6 nitrogen and oxygen atoms in total. The van der Waals surface area contributed by atoms with E-state index in [4.69, 9.17) is 11.6 Å². The van der Waals surface area contributed by atoms with Crippen molar-refractivity contribution in [1.82, 2.24) is 15.2 Å². The molecular weight excluding hydrogens is 402 g/mol. The quantitative estimate of drug-likeness (QED) is 0.540. The standard InChI is InChI=1S/C20H19ClF2N4O2/c1-9-13(21)8-24-10(2)16(9)25-19(28)14(22)7-11-5-6-12-17(15(11)23)26-27-18(12)20(3,4)29/h5-8,29H,1-4H3,(H,25,28)(H,26,27)/b14-7-. The SMILES string of the molecule is Cc1ncc(Cl)c(C)c1NC(=O)/C(F)=C/c1ccc2c(C(C)(C)O)[nH]nc2c1F. The van der Waals surface area contributed by atoms with Gasteiger partial charge < -0.3 is 10.4 Å². The number of benzene rings is 1. The smallest absolute Gasteiger partial charge is 0.284 e. The third-order valence-corrected chi connectivity index (χ3v) is 4.89. The Labute approximate surface area is 170 Å². The minimum absolute atomic E-state index is 0.0604. The molecule has 3 aromatic rings. The van der Waals surface area contributed by atoms with Gasteiger partial charge in [-0.1, -0.05) is 23.7 Å². The van der Waals surface area contributed by atoms with Gasteiger partial charge in [-0.2, -0.15) is 5.10 Å². The second kappa shape index (κ2) is 7.53. The summed E-state index contributed by atoms with van der Waals surface area (Å²) in [6.45, 7) is 6.38. The molecule has 1 amide bonds. The van der Waals surface area contributed by atoms with Crippen molar-refractivity contribution in [3.8, 4) is 0 Å². The molecule has 0 bridgehead atoms. The highest BCUT2D eigenvalue weighted by Gasteiger charge is 2.24. The molecule has 0 unspecified atom stereocenters. The molecule has 29 heavy (non-hydrogen) atoms. The van der Waals surface area contributed by atoms with Gasteiger partial charge in [0, 0.05) is 17.1 Å². The zero-order valence-electron chi connectivity index (χ0n) is 16.2. The van der Waals surface area contributed by atoms with Crippen LogP contribution in [0.25, 0.3) is 17.0 Å². The van der Waals surface area contributed by atoms with Crippen LogP contribution in [0.3, 0.4) is 0 Å². The number of halogens is 3. The average molecular weight is 421 g/mol. The fourth-order valence-electron chi connectivity index (χ4n) is 2.91. The van der Waals surface area contributed by atoms with Crippen LogP contribution >= 0.6 is 11.6 Å². The Balaban J connectivity index is 1.94. The van der Waals surface area contributed by atoms with Crippen LogP contribution in [0, 0.1) is 19.7 Å². The highest BCUT2D eigenvalue weighted by Crippen LogP contribution is 2.30. The van der Waals surface area contributed by atoms with E-state index in [-0.39, 0.29) is 11.1 Å². The Bertz CT molecular complexity index is 1150. The number of hydrogen-bond donors (Lipinski definition) is 3. The molecule has 0 saturated heterocycles. The van der Waals surface area contributed by atoms with Crippen LogP contribution in [0.2, 0.25) is 5.02 Å². The van der Waals surface area contributed by atoms with Crippen molar-refractivity contribution in [3.05, 3.63) is 57.5 Å². The molecule has 0 saturated carbocycles. The summed E-state index contributed by atoms with van der Waals surface area (Å²) in [5, 5.41) is 19.7. The first kappa shape index (κ1) is 20.9. The molecule has 2 heterocycles. The lowest BCUT2D eigenvalue weighted by Crippen LogP contribution is -2.16. The Morgan fingerprint density at radius 2 is 2.03 bits per heavy atom. The maximum Gasteiger partial charge on any atom is 0.284 e. The second-order valence-electron chi connectivity index (χ2n) is 7.16. The number of aliphatic hydroxyl groups is 1. The number of aromatic amines is 1. The number of fused-ring (bicyclic) bond motifs is 1. The van der Waals surface area contributed by atoms with Gasteiger partial charge in [0.05, 0.1) is 22.1 Å². The van der Waals surface area contributed by atoms with E-state index in [1.807, 2.05) is 0 Å². The van der Waals surface area contributed by atoms with E-state index in [2.05, 4.69) is 20.5 Å². The van der Waals surface area contributed by atoms with E-state index in [1.54, 1.807) is 13.8 Å². The fourth-order valence-corrected chi connectivity index (χ4v) is 3.05. The number of anilines is 1. The van der Waals surface area contributed by atoms with E-state index in [0.29, 0.717) is 33.0 Å². The van der Waals surface area contributed by atoms with Gasteiger partial charge in [-0.25, -0.2) is 8.78 Å². The number of aryl methyl sites for hydroxylation is 1. The van der Waals surface area contributed by atoms with Gasteiger partial charge in [0.15, 0.2) is 11.6 Å². The number of nitrogens with zero attached hydrogens (tertiary/aromatic N) is 2. The fraction of sp³-hybridized carbons (Fsp3) is 0.250. The van der Waals surface area contributed by atoms with Gasteiger partial charge in [-0.15, -0.1) is 0 Å². The molecule has 9 heteroatoms. The number of hydrogen-bond acceptors (Lipinski definition) is 4. The highest BCUT2D eigenvalue weighted by atomic mass is 35.5.